The quantitative estimate of drug-likeness (QED) is 0.123. The molecule has 0 aromatic heterocycles. The van der Waals surface area contributed by atoms with Gasteiger partial charge in [0.2, 0.25) is 34.8 Å². The highest BCUT2D eigenvalue weighted by molar-refractivity contribution is 5.70. The molecule has 0 aliphatic carbocycles. The smallest absolute Gasteiger partial charge is 0.404 e. The molecular formula is C24H36F5NO3. The van der Waals surface area contributed by atoms with Gasteiger partial charge in [0.15, 0.2) is 0 Å². The van der Waals surface area contributed by atoms with E-state index in [0.717, 1.165) is 25.7 Å². The Bertz CT molecular complexity index is 729. The number of carbonyl (C=O) groups excluding carboxylic acids is 1. The molecule has 0 bridgehead atoms. The lowest BCUT2D eigenvalue weighted by atomic mass is 9.82. The summed E-state index contributed by atoms with van der Waals surface area (Å²) >= 11 is 0. The van der Waals surface area contributed by atoms with Crippen molar-refractivity contribution >= 4 is 6.09 Å². The molecule has 33 heavy (non-hydrogen) atoms. The van der Waals surface area contributed by atoms with E-state index in [0.29, 0.717) is 12.3 Å². The van der Waals surface area contributed by atoms with Crippen molar-refractivity contribution in [2.75, 3.05) is 13.7 Å². The zero-order valence-electron chi connectivity index (χ0n) is 20.0. The van der Waals surface area contributed by atoms with Gasteiger partial charge in [-0.3, -0.25) is 0 Å². The third kappa shape index (κ3) is 9.10. The number of halogens is 5. The summed E-state index contributed by atoms with van der Waals surface area (Å²) in [6.07, 6.45) is 9.16. The van der Waals surface area contributed by atoms with Gasteiger partial charge in [0.25, 0.3) is 0 Å². The molecule has 0 aliphatic heterocycles. The van der Waals surface area contributed by atoms with Gasteiger partial charge in [-0.1, -0.05) is 51.9 Å². The van der Waals surface area contributed by atoms with E-state index >= 15 is 0 Å². The second-order valence-corrected chi connectivity index (χ2v) is 8.77. The molecule has 0 radical (unpaired) electrons. The van der Waals surface area contributed by atoms with Crippen LogP contribution in [0.15, 0.2) is 0 Å². The van der Waals surface area contributed by atoms with E-state index in [9.17, 15) is 26.7 Å². The van der Waals surface area contributed by atoms with Gasteiger partial charge in [0, 0.05) is 13.7 Å². The van der Waals surface area contributed by atoms with Crippen LogP contribution in [-0.2, 0) is 4.74 Å². The molecule has 1 atom stereocenters. The molecule has 0 heterocycles. The molecule has 1 amide bonds. The van der Waals surface area contributed by atoms with Crippen LogP contribution in [0.5, 0.6) is 5.75 Å². The number of nitrogens with one attached hydrogen (secondary N) is 1. The molecule has 190 valence electrons. The molecule has 0 aliphatic rings. The number of ether oxygens (including phenoxy) is 2. The topological polar surface area (TPSA) is 47.6 Å². The van der Waals surface area contributed by atoms with Crippen LogP contribution in [0.25, 0.3) is 0 Å². The Balaban J connectivity index is 2.46. The Morgan fingerprint density at radius 2 is 1.30 bits per heavy atom. The van der Waals surface area contributed by atoms with Crippen LogP contribution < -0.4 is 10.1 Å². The second-order valence-electron chi connectivity index (χ2n) is 8.77. The van der Waals surface area contributed by atoms with Crippen LogP contribution in [0.3, 0.4) is 0 Å². The van der Waals surface area contributed by atoms with Gasteiger partial charge in [-0.25, -0.2) is 18.0 Å². The molecule has 1 aromatic rings. The van der Waals surface area contributed by atoms with Crippen LogP contribution in [0.4, 0.5) is 26.7 Å². The van der Waals surface area contributed by atoms with Crippen molar-refractivity contribution in [1.29, 1.82) is 0 Å². The monoisotopic (exact) mass is 481 g/mol. The summed E-state index contributed by atoms with van der Waals surface area (Å²) in [7, 11) is 1.69. The van der Waals surface area contributed by atoms with Gasteiger partial charge in [-0.2, -0.15) is 8.78 Å². The van der Waals surface area contributed by atoms with Gasteiger partial charge < -0.3 is 14.8 Å². The maximum atomic E-state index is 13.6. The number of hydrogen-bond donors (Lipinski definition) is 1. The number of rotatable bonds is 15. The number of amides is 1. The first-order valence-electron chi connectivity index (χ1n) is 11.6. The normalized spacial score (nSPS) is 12.6. The first-order chi connectivity index (χ1) is 15.6. The fourth-order valence-corrected chi connectivity index (χ4v) is 3.69. The average Bonchev–Trinajstić information content (AvgIpc) is 2.79. The molecule has 0 saturated heterocycles. The van der Waals surface area contributed by atoms with E-state index < -0.39 is 40.9 Å². The summed E-state index contributed by atoms with van der Waals surface area (Å²) in [6, 6.07) is 0. The molecular weight excluding hydrogens is 445 g/mol. The highest BCUT2D eigenvalue weighted by atomic mass is 19.2. The van der Waals surface area contributed by atoms with Crippen molar-refractivity contribution in [3.63, 3.8) is 0 Å². The molecule has 1 aromatic carbocycles. The van der Waals surface area contributed by atoms with E-state index in [4.69, 9.17) is 4.74 Å². The molecule has 0 fully saturated rings. The van der Waals surface area contributed by atoms with Crippen molar-refractivity contribution in [3.8, 4) is 5.75 Å². The Hall–Kier alpha value is -1.90. The molecule has 9 heteroatoms. The summed E-state index contributed by atoms with van der Waals surface area (Å²) in [5.41, 5.74) is -0.290. The van der Waals surface area contributed by atoms with Crippen LogP contribution in [0.2, 0.25) is 0 Å². The number of methoxy groups -OCH3 is 1. The van der Waals surface area contributed by atoms with Gasteiger partial charge in [0.1, 0.15) is 0 Å². The Kier molecular flexibility index (Phi) is 12.7. The standard InChI is InChI=1S/C24H36F5NO3/c1-5-6-7-8-9-10-13-16(24(2,3)32-4)14-11-12-15-30-23(31)33-22-20(28)18(26)17(25)19(27)21(22)29/h16H,5-15H2,1-4H3,(H,30,31). The van der Waals surface area contributed by atoms with E-state index in [1.165, 1.54) is 32.1 Å². The molecule has 4 nitrogen and oxygen atoms in total. The Labute approximate surface area is 193 Å². The van der Waals surface area contributed by atoms with Crippen molar-refractivity contribution in [1.82, 2.24) is 5.32 Å². The first kappa shape index (κ1) is 29.1. The first-order valence-corrected chi connectivity index (χ1v) is 11.6. The second kappa shape index (κ2) is 14.4. The van der Waals surface area contributed by atoms with Crippen LogP contribution in [0.1, 0.15) is 85.0 Å². The highest BCUT2D eigenvalue weighted by Crippen LogP contribution is 2.31. The fraction of sp³-hybridized carbons (Fsp3) is 0.708. The van der Waals surface area contributed by atoms with Crippen LogP contribution in [0, 0.1) is 35.0 Å². The van der Waals surface area contributed by atoms with Crippen molar-refractivity contribution in [3.05, 3.63) is 29.1 Å². The van der Waals surface area contributed by atoms with Gasteiger partial charge in [0.05, 0.1) is 5.60 Å². The summed E-state index contributed by atoms with van der Waals surface area (Å²) in [5.74, 6) is -12.3. The molecule has 1 rings (SSSR count). The number of unbranched alkanes of at least 4 members (excludes halogenated alkanes) is 6. The van der Waals surface area contributed by atoms with E-state index in [-0.39, 0.29) is 12.1 Å². The zero-order chi connectivity index (χ0) is 25.0. The van der Waals surface area contributed by atoms with Gasteiger partial charge in [-0.15, -0.1) is 0 Å². The van der Waals surface area contributed by atoms with Crippen LogP contribution in [-0.4, -0.2) is 25.3 Å². The van der Waals surface area contributed by atoms with Gasteiger partial charge >= 0.3 is 6.09 Å². The Morgan fingerprint density at radius 1 is 0.818 bits per heavy atom. The predicted octanol–water partition coefficient (Wildman–Crippen LogP) is 7.43. The highest BCUT2D eigenvalue weighted by Gasteiger charge is 2.29. The van der Waals surface area contributed by atoms with Crippen LogP contribution >= 0.6 is 0 Å². The molecule has 0 spiro atoms. The lowest BCUT2D eigenvalue weighted by Gasteiger charge is -2.33. The molecule has 1 unspecified atom stereocenters. The summed E-state index contributed by atoms with van der Waals surface area (Å²) in [4.78, 5) is 11.8. The Morgan fingerprint density at radius 3 is 1.85 bits per heavy atom. The maximum Gasteiger partial charge on any atom is 0.412 e. The van der Waals surface area contributed by atoms with E-state index in [1.54, 1.807) is 7.11 Å². The minimum absolute atomic E-state index is 0.130. The fourth-order valence-electron chi connectivity index (χ4n) is 3.69. The third-order valence-corrected chi connectivity index (χ3v) is 6.03. The van der Waals surface area contributed by atoms with Gasteiger partial charge in [-0.05, 0) is 39.0 Å². The van der Waals surface area contributed by atoms with Crippen molar-refractivity contribution in [2.24, 2.45) is 5.92 Å². The minimum atomic E-state index is -2.31. The van der Waals surface area contributed by atoms with E-state index in [1.807, 2.05) is 0 Å². The summed E-state index contributed by atoms with van der Waals surface area (Å²) in [6.45, 7) is 6.42. The summed E-state index contributed by atoms with van der Waals surface area (Å²) < 4.78 is 76.6. The predicted molar refractivity (Wildman–Crippen MR) is 117 cm³/mol. The van der Waals surface area contributed by atoms with Crippen molar-refractivity contribution < 1.29 is 36.2 Å². The van der Waals surface area contributed by atoms with Crippen molar-refractivity contribution in [2.45, 2.75) is 90.6 Å². The minimum Gasteiger partial charge on any atom is -0.404 e. The lowest BCUT2D eigenvalue weighted by molar-refractivity contribution is -0.0352. The zero-order valence-corrected chi connectivity index (χ0v) is 20.0. The largest absolute Gasteiger partial charge is 0.412 e. The maximum absolute atomic E-state index is 13.6. The number of carbonyl (C=O) groups is 1. The summed E-state index contributed by atoms with van der Waals surface area (Å²) in [5, 5.41) is 2.27. The average molecular weight is 482 g/mol. The number of benzene rings is 1. The molecule has 1 N–H and O–H groups in total. The third-order valence-electron chi connectivity index (χ3n) is 6.03. The van der Waals surface area contributed by atoms with E-state index in [2.05, 4.69) is 30.8 Å². The molecule has 0 saturated carbocycles. The lowest BCUT2D eigenvalue weighted by Crippen LogP contribution is -2.33. The SMILES string of the molecule is CCCCCCCCC(CCCCNC(=O)Oc1c(F)c(F)c(F)c(F)c1F)C(C)(C)OC. The number of hydrogen-bond acceptors (Lipinski definition) is 3.